The number of aromatic nitrogens is 3. The quantitative estimate of drug-likeness (QED) is 0.370. The number of alkyl halides is 3. The summed E-state index contributed by atoms with van der Waals surface area (Å²) in [4.78, 5) is 22.6. The molecule has 2 aliphatic heterocycles. The van der Waals surface area contributed by atoms with Gasteiger partial charge in [0.25, 0.3) is 0 Å². The van der Waals surface area contributed by atoms with Crippen molar-refractivity contribution in [3.05, 3.63) is 59.2 Å². The second-order valence-electron chi connectivity index (χ2n) is 10.1. The SMILES string of the molecule is COC(=O)c1cnc(N2C3CCC2CC(OCc2c(-c4ccccc4C(F)(F)F)noc2C2CC2)C3)cn1. The van der Waals surface area contributed by atoms with E-state index < -0.39 is 17.7 Å². The van der Waals surface area contributed by atoms with Gasteiger partial charge in [-0.1, -0.05) is 23.4 Å². The minimum Gasteiger partial charge on any atom is -0.464 e. The van der Waals surface area contributed by atoms with Crippen LogP contribution in [0.1, 0.15) is 71.8 Å². The van der Waals surface area contributed by atoms with Crippen LogP contribution < -0.4 is 4.90 Å². The van der Waals surface area contributed by atoms with Gasteiger partial charge in [-0.15, -0.1) is 0 Å². The van der Waals surface area contributed by atoms with Crippen LogP contribution in [0.2, 0.25) is 0 Å². The minimum absolute atomic E-state index is 0.0121. The number of carbonyl (C=O) groups excluding carboxylic acids is 1. The molecule has 1 saturated carbocycles. The number of ether oxygens (including phenoxy) is 2. The van der Waals surface area contributed by atoms with Crippen LogP contribution in [0.5, 0.6) is 0 Å². The van der Waals surface area contributed by atoms with Crippen LogP contribution in [0.4, 0.5) is 19.0 Å². The molecule has 2 unspecified atom stereocenters. The maximum absolute atomic E-state index is 13.7. The van der Waals surface area contributed by atoms with Gasteiger partial charge in [0.1, 0.15) is 17.3 Å². The van der Waals surface area contributed by atoms with E-state index in [1.165, 1.54) is 25.4 Å². The van der Waals surface area contributed by atoms with Crippen LogP contribution in [0, 0.1) is 0 Å². The fourth-order valence-corrected chi connectivity index (χ4v) is 5.78. The smallest absolute Gasteiger partial charge is 0.417 e. The Morgan fingerprint density at radius 3 is 2.45 bits per heavy atom. The van der Waals surface area contributed by atoms with Crippen LogP contribution in [0.25, 0.3) is 11.3 Å². The number of fused-ring (bicyclic) bond motifs is 2. The zero-order chi connectivity index (χ0) is 26.4. The molecular weight excluding hydrogens is 501 g/mol. The normalized spacial score (nSPS) is 23.1. The first kappa shape index (κ1) is 24.8. The Hall–Kier alpha value is -3.47. The van der Waals surface area contributed by atoms with Gasteiger partial charge < -0.3 is 18.9 Å². The molecule has 11 heteroatoms. The van der Waals surface area contributed by atoms with Crippen molar-refractivity contribution >= 4 is 11.8 Å². The molecule has 1 aromatic carbocycles. The van der Waals surface area contributed by atoms with Crippen molar-refractivity contribution in [3.8, 4) is 11.3 Å². The van der Waals surface area contributed by atoms with Crippen molar-refractivity contribution < 1.29 is 32.0 Å². The van der Waals surface area contributed by atoms with E-state index in [1.54, 1.807) is 12.3 Å². The summed E-state index contributed by atoms with van der Waals surface area (Å²) < 4.78 is 57.9. The number of anilines is 1. The van der Waals surface area contributed by atoms with E-state index in [4.69, 9.17) is 14.0 Å². The lowest BCUT2D eigenvalue weighted by molar-refractivity contribution is -0.137. The minimum atomic E-state index is -4.50. The van der Waals surface area contributed by atoms with E-state index in [-0.39, 0.29) is 47.7 Å². The van der Waals surface area contributed by atoms with Crippen LogP contribution in [0.15, 0.2) is 41.2 Å². The third-order valence-electron chi connectivity index (χ3n) is 7.70. The third-order valence-corrected chi connectivity index (χ3v) is 7.70. The van der Waals surface area contributed by atoms with E-state index in [2.05, 4.69) is 20.0 Å². The molecule has 0 radical (unpaired) electrons. The lowest BCUT2D eigenvalue weighted by Crippen LogP contribution is -2.46. The van der Waals surface area contributed by atoms with Crippen LogP contribution in [0.3, 0.4) is 0 Å². The number of esters is 1. The fourth-order valence-electron chi connectivity index (χ4n) is 5.78. The topological polar surface area (TPSA) is 90.6 Å². The maximum atomic E-state index is 13.7. The molecule has 8 nitrogen and oxygen atoms in total. The second-order valence-corrected chi connectivity index (χ2v) is 10.1. The molecule has 0 spiro atoms. The summed E-state index contributed by atoms with van der Waals surface area (Å²) in [6.45, 7) is 0.147. The van der Waals surface area contributed by atoms with E-state index in [9.17, 15) is 18.0 Å². The highest BCUT2D eigenvalue weighted by Crippen LogP contribution is 2.46. The maximum Gasteiger partial charge on any atom is 0.417 e. The van der Waals surface area contributed by atoms with E-state index in [0.717, 1.165) is 44.6 Å². The standard InChI is InChI=1S/C27H27F3N4O4/c1-36-26(35)22-12-32-23(13-31-22)34-16-8-9-17(34)11-18(10-16)37-14-20-24(33-38-25(20)15-6-7-15)19-4-2-3-5-21(19)27(28,29)30/h2-5,12-13,15-18H,6-11,14H2,1H3. The first-order chi connectivity index (χ1) is 18.3. The van der Waals surface area contributed by atoms with Gasteiger partial charge in [0, 0.05) is 29.1 Å². The van der Waals surface area contributed by atoms with Crippen LogP contribution in [-0.2, 0) is 22.3 Å². The summed E-state index contributed by atoms with van der Waals surface area (Å²) in [5.74, 6) is 0.996. The van der Waals surface area contributed by atoms with Crippen molar-refractivity contribution in [1.29, 1.82) is 0 Å². The average Bonchev–Trinajstić information content (AvgIpc) is 3.62. The summed E-state index contributed by atoms with van der Waals surface area (Å²) in [6, 6.07) is 5.86. The number of hydrogen-bond donors (Lipinski definition) is 0. The molecule has 38 heavy (non-hydrogen) atoms. The predicted octanol–water partition coefficient (Wildman–Crippen LogP) is 5.53. The Labute approximate surface area is 217 Å². The molecule has 3 aliphatic rings. The van der Waals surface area contributed by atoms with Crippen molar-refractivity contribution in [2.75, 3.05) is 12.0 Å². The monoisotopic (exact) mass is 528 g/mol. The fraction of sp³-hybridized carbons (Fsp3) is 0.481. The molecule has 2 aromatic heterocycles. The zero-order valence-electron chi connectivity index (χ0n) is 20.8. The molecule has 2 atom stereocenters. The largest absolute Gasteiger partial charge is 0.464 e. The van der Waals surface area contributed by atoms with Crippen LogP contribution in [-0.4, -0.2) is 46.4 Å². The number of nitrogens with zero attached hydrogens (tertiary/aromatic N) is 4. The summed E-state index contributed by atoms with van der Waals surface area (Å²) in [7, 11) is 1.30. The Morgan fingerprint density at radius 2 is 1.82 bits per heavy atom. The molecule has 4 heterocycles. The van der Waals surface area contributed by atoms with Gasteiger partial charge in [0.15, 0.2) is 5.69 Å². The van der Waals surface area contributed by atoms with Gasteiger partial charge in [0.05, 0.1) is 37.8 Å². The number of rotatable bonds is 7. The molecular formula is C27H27F3N4O4. The summed E-state index contributed by atoms with van der Waals surface area (Å²) >= 11 is 0. The van der Waals surface area contributed by atoms with E-state index in [1.807, 2.05) is 0 Å². The highest BCUT2D eigenvalue weighted by atomic mass is 19.4. The molecule has 0 N–H and O–H groups in total. The molecule has 1 aliphatic carbocycles. The molecule has 200 valence electrons. The molecule has 6 rings (SSSR count). The number of carbonyl (C=O) groups is 1. The Morgan fingerprint density at radius 1 is 1.08 bits per heavy atom. The van der Waals surface area contributed by atoms with Crippen molar-refractivity contribution in [2.24, 2.45) is 0 Å². The van der Waals surface area contributed by atoms with Crippen molar-refractivity contribution in [1.82, 2.24) is 15.1 Å². The lowest BCUT2D eigenvalue weighted by atomic mass is 9.98. The average molecular weight is 529 g/mol. The second kappa shape index (κ2) is 9.68. The highest BCUT2D eigenvalue weighted by Gasteiger charge is 2.43. The highest BCUT2D eigenvalue weighted by molar-refractivity contribution is 5.86. The first-order valence-electron chi connectivity index (χ1n) is 12.8. The van der Waals surface area contributed by atoms with Gasteiger partial charge in [-0.25, -0.2) is 14.8 Å². The summed E-state index contributed by atoms with van der Waals surface area (Å²) in [6.07, 6.45) is 3.81. The summed E-state index contributed by atoms with van der Waals surface area (Å²) in [5, 5.41) is 4.09. The summed E-state index contributed by atoms with van der Waals surface area (Å²) in [5.41, 5.74) is 0.259. The number of halogens is 3. The Balaban J connectivity index is 1.19. The zero-order valence-corrected chi connectivity index (χ0v) is 20.8. The van der Waals surface area contributed by atoms with Crippen molar-refractivity contribution in [2.45, 2.75) is 75.4 Å². The van der Waals surface area contributed by atoms with E-state index in [0.29, 0.717) is 17.1 Å². The molecule has 0 amide bonds. The number of benzene rings is 1. The molecule has 2 bridgehead atoms. The van der Waals surface area contributed by atoms with Gasteiger partial charge in [0.2, 0.25) is 0 Å². The van der Waals surface area contributed by atoms with E-state index >= 15 is 0 Å². The first-order valence-corrected chi connectivity index (χ1v) is 12.8. The lowest BCUT2D eigenvalue weighted by Gasteiger charge is -2.39. The van der Waals surface area contributed by atoms with Gasteiger partial charge in [-0.3, -0.25) is 0 Å². The molecule has 3 aromatic rings. The number of methoxy groups -OCH3 is 1. The third kappa shape index (κ3) is 4.63. The van der Waals surface area contributed by atoms with Crippen LogP contribution >= 0.6 is 0 Å². The van der Waals surface area contributed by atoms with Gasteiger partial charge in [-0.2, -0.15) is 13.2 Å². The van der Waals surface area contributed by atoms with Gasteiger partial charge in [-0.05, 0) is 44.6 Å². The number of hydrogen-bond acceptors (Lipinski definition) is 8. The molecule has 3 fully saturated rings. The van der Waals surface area contributed by atoms with Crippen molar-refractivity contribution in [3.63, 3.8) is 0 Å². The molecule has 2 saturated heterocycles. The predicted molar refractivity (Wildman–Crippen MR) is 129 cm³/mol. The Kier molecular flexibility index (Phi) is 6.33. The van der Waals surface area contributed by atoms with Gasteiger partial charge >= 0.3 is 12.1 Å². The number of piperidine rings is 1. The Bertz CT molecular complexity index is 1310.